The number of carbonyl (C=O) groups excluding carboxylic acids is 1. The minimum absolute atomic E-state index is 0.0739. The number of nitrogens with zero attached hydrogens (tertiary/aromatic N) is 4. The average molecular weight is 703 g/mol. The van der Waals surface area contributed by atoms with Crippen LogP contribution >= 0.6 is 0 Å². The van der Waals surface area contributed by atoms with Crippen LogP contribution in [0.4, 0.5) is 17.1 Å². The molecule has 0 bridgehead atoms. The van der Waals surface area contributed by atoms with E-state index in [1.165, 1.54) is 16.7 Å². The number of rotatable bonds is 15. The summed E-state index contributed by atoms with van der Waals surface area (Å²) in [5.74, 6) is 0.651. The Balaban J connectivity index is 1.21. The normalized spacial score (nSPS) is 13.4. The summed E-state index contributed by atoms with van der Waals surface area (Å²) in [7, 11) is 3.78. The van der Waals surface area contributed by atoms with Crippen LogP contribution in [0.25, 0.3) is 10.9 Å². The van der Waals surface area contributed by atoms with Crippen LogP contribution in [0.1, 0.15) is 51.9 Å². The minimum atomic E-state index is -0.826. The molecule has 0 spiro atoms. The summed E-state index contributed by atoms with van der Waals surface area (Å²) in [6.07, 6.45) is 3.27. The Kier molecular flexibility index (Phi) is 11.5. The Labute approximate surface area is 307 Å². The van der Waals surface area contributed by atoms with E-state index < -0.39 is 5.97 Å². The summed E-state index contributed by atoms with van der Waals surface area (Å²) >= 11 is 0. The van der Waals surface area contributed by atoms with E-state index in [0.717, 1.165) is 72.9 Å². The molecule has 1 saturated heterocycles. The summed E-state index contributed by atoms with van der Waals surface area (Å²) in [5.41, 5.74) is 8.78. The molecule has 1 fully saturated rings. The molecule has 272 valence electrons. The lowest BCUT2D eigenvalue weighted by molar-refractivity contribution is -0.137. The number of methoxy groups -OCH3 is 1. The third-order valence-electron chi connectivity index (χ3n) is 10.1. The highest BCUT2D eigenvalue weighted by Gasteiger charge is 2.22. The van der Waals surface area contributed by atoms with Crippen LogP contribution in [0.3, 0.4) is 0 Å². The number of aliphatic carboxylic acids is 1. The number of ether oxygens (including phenoxy) is 2. The molecule has 1 aliphatic rings. The number of carbonyl (C=O) groups is 2. The molecule has 1 aliphatic heterocycles. The third kappa shape index (κ3) is 8.10. The Bertz CT molecular complexity index is 2020. The Morgan fingerprint density at radius 3 is 2.27 bits per heavy atom. The Morgan fingerprint density at radius 1 is 0.827 bits per heavy atom. The monoisotopic (exact) mass is 702 g/mol. The number of hydrogen-bond acceptors (Lipinski definition) is 7. The standard InChI is InChI=1S/C43H50N4O5/c1-30-26-31(2)42(32(3)27-30)44(4)37-18-17-33(43(50)35-29-47(20-10-16-41(48)49)36-13-7-6-12-34(35)36)28-40(37)52-25-11-19-45-21-23-46(24-22-45)38-14-8-9-15-39(38)51-5/h6-9,12-15,17-18,26-29H,10-11,16,19-25H2,1-5H3,(H,48,49). The lowest BCUT2D eigenvalue weighted by atomic mass is 10.0. The van der Waals surface area contributed by atoms with Crippen molar-refractivity contribution < 1.29 is 24.2 Å². The number of aryl methyl sites for hydroxylation is 4. The summed E-state index contributed by atoms with van der Waals surface area (Å²) in [6, 6.07) is 26.1. The van der Waals surface area contributed by atoms with Gasteiger partial charge in [-0.25, -0.2) is 0 Å². The van der Waals surface area contributed by atoms with E-state index in [1.807, 2.05) is 65.4 Å². The van der Waals surface area contributed by atoms with Gasteiger partial charge in [0.2, 0.25) is 0 Å². The van der Waals surface area contributed by atoms with Crippen LogP contribution in [0.15, 0.2) is 85.1 Å². The number of anilines is 3. The molecule has 0 atom stereocenters. The van der Waals surface area contributed by atoms with Gasteiger partial charge < -0.3 is 28.9 Å². The zero-order chi connectivity index (χ0) is 36.8. The number of hydrogen-bond donors (Lipinski definition) is 1. The molecular formula is C43H50N4O5. The molecule has 0 saturated carbocycles. The molecule has 2 heterocycles. The highest BCUT2D eigenvalue weighted by atomic mass is 16.5. The fourth-order valence-corrected chi connectivity index (χ4v) is 7.61. The van der Waals surface area contributed by atoms with Crippen LogP contribution in [-0.2, 0) is 11.3 Å². The second-order valence-electron chi connectivity index (χ2n) is 13.8. The molecule has 0 unspecified atom stereocenters. The number of carboxylic acid groups (broad SMARTS) is 1. The van der Waals surface area contributed by atoms with Crippen LogP contribution in [0.5, 0.6) is 11.5 Å². The molecule has 0 aliphatic carbocycles. The molecule has 52 heavy (non-hydrogen) atoms. The van der Waals surface area contributed by atoms with Crippen molar-refractivity contribution in [3.05, 3.63) is 113 Å². The number of para-hydroxylation sites is 3. The second-order valence-corrected chi connectivity index (χ2v) is 13.8. The topological polar surface area (TPSA) is 87.5 Å². The zero-order valence-corrected chi connectivity index (χ0v) is 31.0. The third-order valence-corrected chi connectivity index (χ3v) is 10.1. The Hall–Kier alpha value is -5.28. The number of piperazine rings is 1. The predicted octanol–water partition coefficient (Wildman–Crippen LogP) is 8.03. The molecule has 1 aromatic heterocycles. The van der Waals surface area contributed by atoms with E-state index in [-0.39, 0.29) is 12.2 Å². The van der Waals surface area contributed by atoms with Gasteiger partial charge >= 0.3 is 5.97 Å². The van der Waals surface area contributed by atoms with Gasteiger partial charge in [0.15, 0.2) is 5.78 Å². The zero-order valence-electron chi connectivity index (χ0n) is 31.0. The predicted molar refractivity (Wildman–Crippen MR) is 209 cm³/mol. The lowest BCUT2D eigenvalue weighted by Crippen LogP contribution is -2.46. The van der Waals surface area contributed by atoms with Crippen molar-refractivity contribution in [3.8, 4) is 11.5 Å². The first-order valence-electron chi connectivity index (χ1n) is 18.2. The lowest BCUT2D eigenvalue weighted by Gasteiger charge is -2.36. The number of fused-ring (bicyclic) bond motifs is 1. The van der Waals surface area contributed by atoms with Gasteiger partial charge in [0.25, 0.3) is 0 Å². The molecule has 5 aromatic rings. The molecular weight excluding hydrogens is 652 g/mol. The molecule has 1 N–H and O–H groups in total. The van der Waals surface area contributed by atoms with Crippen molar-refractivity contribution in [2.75, 3.05) is 63.3 Å². The summed E-state index contributed by atoms with van der Waals surface area (Å²) in [6.45, 7) is 12.1. The van der Waals surface area contributed by atoms with Crippen molar-refractivity contribution in [2.45, 2.75) is 46.6 Å². The smallest absolute Gasteiger partial charge is 0.303 e. The van der Waals surface area contributed by atoms with E-state index in [0.29, 0.717) is 36.4 Å². The van der Waals surface area contributed by atoms with Gasteiger partial charge in [0.05, 0.1) is 25.1 Å². The van der Waals surface area contributed by atoms with Gasteiger partial charge in [-0.15, -0.1) is 0 Å². The maximum atomic E-state index is 14.2. The molecule has 9 heteroatoms. The SMILES string of the molecule is COc1ccccc1N1CCN(CCCOc2cc(C(=O)c3cn(CCCC(=O)O)c4ccccc34)ccc2N(C)c2c(C)cc(C)cc2C)CC1. The number of carboxylic acids is 1. The van der Waals surface area contributed by atoms with E-state index in [4.69, 9.17) is 9.47 Å². The van der Waals surface area contributed by atoms with Gasteiger partial charge in [-0.3, -0.25) is 14.5 Å². The average Bonchev–Trinajstić information content (AvgIpc) is 3.51. The number of ketones is 1. The van der Waals surface area contributed by atoms with E-state index in [9.17, 15) is 14.7 Å². The summed E-state index contributed by atoms with van der Waals surface area (Å²) in [4.78, 5) is 32.4. The fraction of sp³-hybridized carbons (Fsp3) is 0.349. The van der Waals surface area contributed by atoms with Gasteiger partial charge in [0, 0.05) is 86.7 Å². The summed E-state index contributed by atoms with van der Waals surface area (Å²) in [5, 5.41) is 10.0. The quantitative estimate of drug-likeness (QED) is 0.0867. The second kappa shape index (κ2) is 16.4. The van der Waals surface area contributed by atoms with Crippen molar-refractivity contribution in [1.29, 1.82) is 0 Å². The first kappa shape index (κ1) is 36.5. The van der Waals surface area contributed by atoms with E-state index in [1.54, 1.807) is 7.11 Å². The van der Waals surface area contributed by atoms with Gasteiger partial charge in [-0.1, -0.05) is 48.0 Å². The van der Waals surface area contributed by atoms with Crippen molar-refractivity contribution in [2.24, 2.45) is 0 Å². The molecule has 0 amide bonds. The largest absolute Gasteiger partial charge is 0.495 e. The van der Waals surface area contributed by atoms with Crippen LogP contribution in [0.2, 0.25) is 0 Å². The van der Waals surface area contributed by atoms with Crippen LogP contribution in [0, 0.1) is 20.8 Å². The molecule has 4 aromatic carbocycles. The van der Waals surface area contributed by atoms with E-state index >= 15 is 0 Å². The van der Waals surface area contributed by atoms with Crippen molar-refractivity contribution >= 4 is 39.7 Å². The van der Waals surface area contributed by atoms with Crippen LogP contribution < -0.4 is 19.3 Å². The highest BCUT2D eigenvalue weighted by molar-refractivity contribution is 6.16. The number of benzene rings is 4. The molecule has 0 radical (unpaired) electrons. The van der Waals surface area contributed by atoms with E-state index in [2.05, 4.69) is 66.8 Å². The Morgan fingerprint density at radius 2 is 1.54 bits per heavy atom. The number of aromatic nitrogens is 1. The van der Waals surface area contributed by atoms with Gasteiger partial charge in [-0.2, -0.15) is 0 Å². The van der Waals surface area contributed by atoms with Gasteiger partial charge in [-0.05, 0) is 81.1 Å². The fourth-order valence-electron chi connectivity index (χ4n) is 7.61. The van der Waals surface area contributed by atoms with Crippen molar-refractivity contribution in [1.82, 2.24) is 9.47 Å². The molecule has 6 rings (SSSR count). The highest BCUT2D eigenvalue weighted by Crippen LogP contribution is 2.38. The van der Waals surface area contributed by atoms with Crippen LogP contribution in [-0.4, -0.2) is 79.8 Å². The maximum absolute atomic E-state index is 14.2. The first-order valence-corrected chi connectivity index (χ1v) is 18.2. The minimum Gasteiger partial charge on any atom is -0.495 e. The maximum Gasteiger partial charge on any atom is 0.303 e. The van der Waals surface area contributed by atoms with Crippen molar-refractivity contribution in [3.63, 3.8) is 0 Å². The molecule has 9 nitrogen and oxygen atoms in total. The summed E-state index contributed by atoms with van der Waals surface area (Å²) < 4.78 is 14.2. The first-order chi connectivity index (χ1) is 25.1. The van der Waals surface area contributed by atoms with Gasteiger partial charge in [0.1, 0.15) is 11.5 Å².